The van der Waals surface area contributed by atoms with Crippen molar-refractivity contribution in [3.8, 4) is 0 Å². The van der Waals surface area contributed by atoms with Crippen molar-refractivity contribution in [1.29, 1.82) is 0 Å². The van der Waals surface area contributed by atoms with Crippen LogP contribution in [0.3, 0.4) is 0 Å². The predicted octanol–water partition coefficient (Wildman–Crippen LogP) is 5.26. The summed E-state index contributed by atoms with van der Waals surface area (Å²) in [6.45, 7) is 2.42. The van der Waals surface area contributed by atoms with Gasteiger partial charge in [-0.2, -0.15) is 13.2 Å². The maximum absolute atomic E-state index is 13.9. The Morgan fingerprint density at radius 2 is 1.57 bits per heavy atom. The smallest absolute Gasteiger partial charge is 0.348 e. The van der Waals surface area contributed by atoms with E-state index in [2.05, 4.69) is 10.6 Å². The number of likely N-dealkylation sites (tertiary alicyclic amines) is 1. The number of nitrogens with zero attached hydrogens (tertiary/aromatic N) is 3. The number of nitrogens with one attached hydrogen (secondary N) is 2. The van der Waals surface area contributed by atoms with Gasteiger partial charge in [0.15, 0.2) is 0 Å². The molecule has 0 aliphatic carbocycles. The first kappa shape index (κ1) is 29.0. The highest BCUT2D eigenvalue weighted by atomic mass is 19.4. The van der Waals surface area contributed by atoms with Gasteiger partial charge in [0.25, 0.3) is 5.91 Å². The zero-order chi connectivity index (χ0) is 29.9. The second kappa shape index (κ2) is 11.8. The Balaban J connectivity index is 1.28. The fourth-order valence-corrected chi connectivity index (χ4v) is 5.66. The number of carbonyl (C=O) groups excluding carboxylic acids is 3. The number of benzene rings is 3. The van der Waals surface area contributed by atoms with Gasteiger partial charge in [0.05, 0.1) is 18.3 Å². The third-order valence-corrected chi connectivity index (χ3v) is 7.91. The van der Waals surface area contributed by atoms with Crippen LogP contribution in [0.25, 0.3) is 0 Å². The highest BCUT2D eigenvalue weighted by Gasteiger charge is 2.54. The molecule has 2 saturated heterocycles. The number of amides is 4. The van der Waals surface area contributed by atoms with Gasteiger partial charge in [0.1, 0.15) is 12.1 Å². The zero-order valence-corrected chi connectivity index (χ0v) is 23.1. The van der Waals surface area contributed by atoms with Crippen molar-refractivity contribution in [3.05, 3.63) is 96.1 Å². The molecular formula is C31H32F3N5O3. The SMILES string of the molecule is CC(NC(=O)CN1CN(c2ccccc2)C2(CCN(C(=O)Nc3cccc(C(F)(F)F)c3)CC2)C1=O)c1ccccc1. The minimum atomic E-state index is -4.52. The van der Waals surface area contributed by atoms with Gasteiger partial charge in [-0.1, -0.05) is 54.6 Å². The van der Waals surface area contributed by atoms with Crippen LogP contribution in [0.4, 0.5) is 29.3 Å². The highest BCUT2D eigenvalue weighted by Crippen LogP contribution is 2.39. The van der Waals surface area contributed by atoms with Crippen molar-refractivity contribution < 1.29 is 27.6 Å². The molecule has 0 saturated carbocycles. The van der Waals surface area contributed by atoms with Gasteiger partial charge in [0.2, 0.25) is 5.91 Å². The van der Waals surface area contributed by atoms with Crippen LogP contribution in [-0.4, -0.2) is 59.5 Å². The van der Waals surface area contributed by atoms with Gasteiger partial charge in [-0.25, -0.2) is 4.79 Å². The second-order valence-electron chi connectivity index (χ2n) is 10.6. The Kier molecular flexibility index (Phi) is 8.11. The minimum absolute atomic E-state index is 0.0416. The number of para-hydroxylation sites is 1. The number of alkyl halides is 3. The number of urea groups is 1. The Labute approximate surface area is 242 Å². The molecule has 0 aromatic heterocycles. The number of hydrogen-bond acceptors (Lipinski definition) is 4. The Bertz CT molecular complexity index is 1430. The molecular weight excluding hydrogens is 547 g/mol. The molecule has 3 aromatic rings. The maximum atomic E-state index is 13.9. The Morgan fingerprint density at radius 1 is 0.929 bits per heavy atom. The average molecular weight is 580 g/mol. The molecule has 5 rings (SSSR count). The number of carbonyl (C=O) groups is 3. The van der Waals surface area contributed by atoms with Crippen molar-refractivity contribution in [3.63, 3.8) is 0 Å². The second-order valence-corrected chi connectivity index (χ2v) is 10.6. The number of halogens is 3. The molecule has 1 unspecified atom stereocenters. The lowest BCUT2D eigenvalue weighted by atomic mass is 9.85. The summed E-state index contributed by atoms with van der Waals surface area (Å²) in [5.41, 5.74) is 0.0137. The first-order chi connectivity index (χ1) is 20.1. The van der Waals surface area contributed by atoms with Crippen molar-refractivity contribution in [1.82, 2.24) is 15.1 Å². The van der Waals surface area contributed by atoms with Crippen LogP contribution in [0.1, 0.15) is 36.9 Å². The molecule has 0 bridgehead atoms. The monoisotopic (exact) mass is 579 g/mol. The summed E-state index contributed by atoms with van der Waals surface area (Å²) < 4.78 is 39.3. The summed E-state index contributed by atoms with van der Waals surface area (Å²) >= 11 is 0. The van der Waals surface area contributed by atoms with Crippen molar-refractivity contribution in [2.45, 2.75) is 37.5 Å². The highest BCUT2D eigenvalue weighted by molar-refractivity contribution is 5.97. The lowest BCUT2D eigenvalue weighted by Crippen LogP contribution is -2.58. The maximum Gasteiger partial charge on any atom is 0.416 e. The van der Waals surface area contributed by atoms with E-state index >= 15 is 0 Å². The molecule has 2 heterocycles. The molecule has 1 spiro atoms. The van der Waals surface area contributed by atoms with Gasteiger partial charge in [0, 0.05) is 24.5 Å². The molecule has 2 aliphatic rings. The van der Waals surface area contributed by atoms with Gasteiger partial charge in [-0.05, 0) is 55.7 Å². The Hall–Kier alpha value is -4.54. The molecule has 2 fully saturated rings. The predicted molar refractivity (Wildman–Crippen MR) is 153 cm³/mol. The van der Waals surface area contributed by atoms with Gasteiger partial charge < -0.3 is 25.3 Å². The van der Waals surface area contributed by atoms with E-state index in [0.29, 0.717) is 12.8 Å². The van der Waals surface area contributed by atoms with Gasteiger partial charge >= 0.3 is 12.2 Å². The number of piperidine rings is 1. The van der Waals surface area contributed by atoms with E-state index in [0.717, 1.165) is 23.4 Å². The van der Waals surface area contributed by atoms with E-state index in [-0.39, 0.29) is 49.8 Å². The number of anilines is 2. The normalized spacial score (nSPS) is 17.3. The molecule has 0 radical (unpaired) electrons. The summed E-state index contributed by atoms with van der Waals surface area (Å²) in [7, 11) is 0. The third kappa shape index (κ3) is 6.05. The quantitative estimate of drug-likeness (QED) is 0.418. The standard InChI is InChI=1S/C31H32F3N5O3/c1-22(23-9-4-2-5-10-23)35-27(40)20-38-21-39(26-13-6-3-7-14-26)30(28(38)41)15-17-37(18-16-30)29(42)36-25-12-8-11-24(19-25)31(32,33)34/h2-14,19,22H,15-18,20-21H2,1H3,(H,35,40)(H,36,42). The van der Waals surface area contributed by atoms with E-state index in [4.69, 9.17) is 0 Å². The van der Waals surface area contributed by atoms with Gasteiger partial charge in [-0.3, -0.25) is 9.59 Å². The third-order valence-electron chi connectivity index (χ3n) is 7.91. The van der Waals surface area contributed by atoms with Crippen LogP contribution in [0.15, 0.2) is 84.9 Å². The fraction of sp³-hybridized carbons (Fsp3) is 0.323. The zero-order valence-electron chi connectivity index (χ0n) is 23.1. The largest absolute Gasteiger partial charge is 0.416 e. The molecule has 220 valence electrons. The first-order valence-corrected chi connectivity index (χ1v) is 13.8. The number of rotatable bonds is 6. The van der Waals surface area contributed by atoms with Crippen LogP contribution >= 0.6 is 0 Å². The van der Waals surface area contributed by atoms with Crippen molar-refractivity contribution >= 4 is 29.2 Å². The summed E-state index contributed by atoms with van der Waals surface area (Å²) in [5.74, 6) is -0.463. The van der Waals surface area contributed by atoms with Crippen LogP contribution in [0, 0.1) is 0 Å². The lowest BCUT2D eigenvalue weighted by Gasteiger charge is -2.43. The molecule has 2 aliphatic heterocycles. The number of hydrogen-bond donors (Lipinski definition) is 2. The lowest BCUT2D eigenvalue weighted by molar-refractivity contribution is -0.137. The van der Waals surface area contributed by atoms with E-state index < -0.39 is 23.3 Å². The van der Waals surface area contributed by atoms with E-state index in [1.807, 2.05) is 72.5 Å². The van der Waals surface area contributed by atoms with Crippen molar-refractivity contribution in [2.24, 2.45) is 0 Å². The van der Waals surface area contributed by atoms with E-state index in [1.165, 1.54) is 17.0 Å². The van der Waals surface area contributed by atoms with E-state index in [9.17, 15) is 27.6 Å². The Morgan fingerprint density at radius 3 is 2.21 bits per heavy atom. The molecule has 42 heavy (non-hydrogen) atoms. The summed E-state index contributed by atoms with van der Waals surface area (Å²) in [4.78, 5) is 44.9. The molecule has 4 amide bonds. The average Bonchev–Trinajstić information content (AvgIpc) is 3.24. The van der Waals surface area contributed by atoms with Crippen LogP contribution < -0.4 is 15.5 Å². The summed E-state index contributed by atoms with van der Waals surface area (Å²) in [6, 6.07) is 22.7. The fourth-order valence-electron chi connectivity index (χ4n) is 5.66. The van der Waals surface area contributed by atoms with Crippen molar-refractivity contribution in [2.75, 3.05) is 36.5 Å². The van der Waals surface area contributed by atoms with Crippen LogP contribution in [0.5, 0.6) is 0 Å². The molecule has 3 aromatic carbocycles. The topological polar surface area (TPSA) is 85.0 Å². The molecule has 1 atom stereocenters. The van der Waals surface area contributed by atoms with Gasteiger partial charge in [-0.15, -0.1) is 0 Å². The van der Waals surface area contributed by atoms with E-state index in [1.54, 1.807) is 4.90 Å². The molecule has 8 nitrogen and oxygen atoms in total. The van der Waals surface area contributed by atoms with Crippen LogP contribution in [0.2, 0.25) is 0 Å². The molecule has 2 N–H and O–H groups in total. The summed E-state index contributed by atoms with van der Waals surface area (Å²) in [5, 5.41) is 5.51. The first-order valence-electron chi connectivity index (χ1n) is 13.8. The molecule has 11 heteroatoms. The van der Waals surface area contributed by atoms with Crippen LogP contribution in [-0.2, 0) is 15.8 Å². The summed E-state index contributed by atoms with van der Waals surface area (Å²) in [6.07, 6.45) is -3.92. The minimum Gasteiger partial charge on any atom is -0.348 e.